The Morgan fingerprint density at radius 2 is 0.925 bits per heavy atom. The summed E-state index contributed by atoms with van der Waals surface area (Å²) in [6.45, 7) is 16.5. The number of rotatable bonds is 8. The van der Waals surface area contributed by atoms with E-state index in [-0.39, 0.29) is 0 Å². The molecule has 8 aromatic carbocycles. The fraction of sp³-hybridized carbons (Fsp3) is 0.0980. The van der Waals surface area contributed by atoms with Crippen LogP contribution in [-0.2, 0) is 0 Å². The third kappa shape index (κ3) is 6.22. The summed E-state index contributed by atoms with van der Waals surface area (Å²) in [4.78, 5) is 0. The van der Waals surface area contributed by atoms with Gasteiger partial charge in [-0.15, -0.1) is 0 Å². The highest BCUT2D eigenvalue weighted by atomic mass is 28.3. The first-order valence-corrected chi connectivity index (χ1v) is 24.7. The van der Waals surface area contributed by atoms with Crippen LogP contribution in [0.5, 0.6) is 0 Å². The minimum Gasteiger partial charge on any atom is -0.0984 e. The first kappa shape index (κ1) is 34.5. The lowest BCUT2D eigenvalue weighted by atomic mass is 9.86. The molecular formula is C51H46Si2. The molecular weight excluding hydrogens is 669 g/mol. The molecule has 0 saturated heterocycles. The minimum absolute atomic E-state index is 1.14. The van der Waals surface area contributed by atoms with Gasteiger partial charge in [0.2, 0.25) is 0 Å². The van der Waals surface area contributed by atoms with Crippen molar-refractivity contribution < 1.29 is 0 Å². The van der Waals surface area contributed by atoms with Crippen LogP contribution in [0.25, 0.3) is 59.8 Å². The van der Waals surface area contributed by atoms with E-state index < -0.39 is 16.1 Å². The molecule has 8 rings (SSSR count). The molecule has 0 heterocycles. The summed E-state index contributed by atoms with van der Waals surface area (Å²) in [6.07, 6.45) is 6.70. The van der Waals surface area contributed by atoms with Crippen LogP contribution in [0, 0.1) is 0 Å². The number of hydrogen-bond donors (Lipinski definition) is 0. The van der Waals surface area contributed by atoms with Gasteiger partial charge in [-0.3, -0.25) is 0 Å². The normalized spacial score (nSPS) is 12.9. The van der Waals surface area contributed by atoms with E-state index in [1.165, 1.54) is 80.5 Å². The van der Waals surface area contributed by atoms with Crippen molar-refractivity contribution in [2.45, 2.75) is 33.1 Å². The molecule has 0 fully saturated rings. The Balaban J connectivity index is 1.21. The molecule has 0 N–H and O–H groups in total. The molecule has 53 heavy (non-hydrogen) atoms. The third-order valence-electron chi connectivity index (χ3n) is 11.8. The highest BCUT2D eigenvalue weighted by Crippen LogP contribution is 2.42. The summed E-state index contributed by atoms with van der Waals surface area (Å²) in [5.74, 6) is 0. The molecule has 0 spiro atoms. The number of benzene rings is 8. The molecule has 0 bridgehead atoms. The Hall–Kier alpha value is -5.55. The Bertz CT molecular complexity index is 2690. The Morgan fingerprint density at radius 1 is 0.472 bits per heavy atom. The number of allylic oxidation sites excluding steroid dienone is 5. The van der Waals surface area contributed by atoms with E-state index in [9.17, 15) is 0 Å². The average Bonchev–Trinajstić information content (AvgIpc) is 3.20. The fourth-order valence-electron chi connectivity index (χ4n) is 8.03. The van der Waals surface area contributed by atoms with E-state index in [2.05, 4.69) is 210 Å². The van der Waals surface area contributed by atoms with Gasteiger partial charge in [-0.05, 0) is 72.3 Å². The Labute approximate surface area is 316 Å². The highest BCUT2D eigenvalue weighted by molar-refractivity contribution is 7.00. The minimum atomic E-state index is -1.92. The monoisotopic (exact) mass is 714 g/mol. The van der Waals surface area contributed by atoms with Gasteiger partial charge < -0.3 is 0 Å². The van der Waals surface area contributed by atoms with E-state index in [1.54, 1.807) is 0 Å². The van der Waals surface area contributed by atoms with Gasteiger partial charge in [-0.1, -0.05) is 229 Å². The maximum atomic E-state index is 4.36. The van der Waals surface area contributed by atoms with Gasteiger partial charge in [0.25, 0.3) is 0 Å². The van der Waals surface area contributed by atoms with Crippen molar-refractivity contribution in [3.05, 3.63) is 193 Å². The van der Waals surface area contributed by atoms with Crippen molar-refractivity contribution in [2.24, 2.45) is 0 Å². The van der Waals surface area contributed by atoms with Crippen molar-refractivity contribution in [1.82, 2.24) is 0 Å². The lowest BCUT2D eigenvalue weighted by Gasteiger charge is -2.25. The zero-order valence-corrected chi connectivity index (χ0v) is 33.5. The van der Waals surface area contributed by atoms with E-state index in [1.807, 2.05) is 6.08 Å². The summed E-state index contributed by atoms with van der Waals surface area (Å²) in [6, 6.07) is 58.7. The first-order valence-electron chi connectivity index (χ1n) is 18.7. The topological polar surface area (TPSA) is 0 Å². The zero-order valence-electron chi connectivity index (χ0n) is 31.5. The molecule has 0 aliphatic rings. The van der Waals surface area contributed by atoms with Crippen molar-refractivity contribution >= 4 is 80.4 Å². The second kappa shape index (κ2) is 13.8. The summed E-state index contributed by atoms with van der Waals surface area (Å²) in [5.41, 5.74) is 4.92. The lowest BCUT2D eigenvalue weighted by molar-refractivity contribution is 1.54. The SMILES string of the molecule is C=C/C(=C\C=C(/C)[Si](C)(C)c1ccc2ccccc2c1)c1c2ccccc2c(-c2ccc([Si](C)(C)c3ccc4ccccc4c3)cc2)c2ccccc12. The number of hydrogen-bond acceptors (Lipinski definition) is 0. The van der Waals surface area contributed by atoms with Gasteiger partial charge in [-0.2, -0.15) is 0 Å². The second-order valence-electron chi connectivity index (χ2n) is 15.5. The Kier molecular flexibility index (Phi) is 8.98. The van der Waals surface area contributed by atoms with Gasteiger partial charge >= 0.3 is 0 Å². The van der Waals surface area contributed by atoms with Crippen molar-refractivity contribution in [1.29, 1.82) is 0 Å². The fourth-order valence-corrected chi connectivity index (χ4v) is 12.4. The maximum Gasteiger partial charge on any atom is 0.112 e. The molecule has 0 saturated carbocycles. The zero-order chi connectivity index (χ0) is 36.7. The predicted molar refractivity (Wildman–Crippen MR) is 241 cm³/mol. The third-order valence-corrected chi connectivity index (χ3v) is 19.2. The summed E-state index contributed by atoms with van der Waals surface area (Å²) in [5, 5.41) is 16.0. The van der Waals surface area contributed by atoms with Gasteiger partial charge in [0.1, 0.15) is 16.1 Å². The van der Waals surface area contributed by atoms with Gasteiger partial charge in [-0.25, -0.2) is 0 Å². The molecule has 0 radical (unpaired) electrons. The molecule has 258 valence electrons. The molecule has 0 atom stereocenters. The predicted octanol–water partition coefficient (Wildman–Crippen LogP) is 12.5. The first-order chi connectivity index (χ1) is 25.7. The van der Waals surface area contributed by atoms with Crippen molar-refractivity contribution in [3.8, 4) is 11.1 Å². The van der Waals surface area contributed by atoms with Gasteiger partial charge in [0.05, 0.1) is 0 Å². The van der Waals surface area contributed by atoms with Crippen LogP contribution in [0.2, 0.25) is 26.2 Å². The van der Waals surface area contributed by atoms with Crippen LogP contribution < -0.4 is 15.6 Å². The molecule has 2 heteroatoms. The molecule has 0 aliphatic carbocycles. The van der Waals surface area contributed by atoms with Gasteiger partial charge in [0, 0.05) is 0 Å². The van der Waals surface area contributed by atoms with Crippen LogP contribution in [0.4, 0.5) is 0 Å². The summed E-state index contributed by atoms with van der Waals surface area (Å²) >= 11 is 0. The smallest absolute Gasteiger partial charge is 0.0984 e. The quantitative estimate of drug-likeness (QED) is 0.0835. The van der Waals surface area contributed by atoms with E-state index in [4.69, 9.17) is 0 Å². The van der Waals surface area contributed by atoms with Crippen LogP contribution in [0.15, 0.2) is 188 Å². The molecule has 0 amide bonds. The largest absolute Gasteiger partial charge is 0.112 e. The van der Waals surface area contributed by atoms with E-state index >= 15 is 0 Å². The molecule has 8 aromatic rings. The average molecular weight is 715 g/mol. The molecule has 0 nitrogen and oxygen atoms in total. The van der Waals surface area contributed by atoms with Crippen molar-refractivity contribution in [2.75, 3.05) is 0 Å². The van der Waals surface area contributed by atoms with Crippen LogP contribution >= 0.6 is 0 Å². The lowest BCUT2D eigenvalue weighted by Crippen LogP contribution is -2.52. The van der Waals surface area contributed by atoms with Crippen LogP contribution in [0.3, 0.4) is 0 Å². The van der Waals surface area contributed by atoms with E-state index in [0.29, 0.717) is 0 Å². The Morgan fingerprint density at radius 3 is 1.47 bits per heavy atom. The van der Waals surface area contributed by atoms with Gasteiger partial charge in [0.15, 0.2) is 0 Å². The second-order valence-corrected chi connectivity index (χ2v) is 24.5. The summed E-state index contributed by atoms with van der Waals surface area (Å²) < 4.78 is 0. The van der Waals surface area contributed by atoms with Crippen molar-refractivity contribution in [3.63, 3.8) is 0 Å². The van der Waals surface area contributed by atoms with E-state index in [0.717, 1.165) is 5.57 Å². The molecule has 0 aromatic heterocycles. The number of fused-ring (bicyclic) bond motifs is 4. The highest BCUT2D eigenvalue weighted by Gasteiger charge is 2.27. The van der Waals surface area contributed by atoms with Crippen LogP contribution in [0.1, 0.15) is 12.5 Å². The molecule has 0 unspecified atom stereocenters. The van der Waals surface area contributed by atoms with Crippen LogP contribution in [-0.4, -0.2) is 16.1 Å². The maximum absolute atomic E-state index is 4.36. The molecule has 0 aliphatic heterocycles. The standard InChI is InChI=1S/C51H46Si2/c1-7-37(25-24-36(2)52(3,4)44-32-26-38-16-8-10-18-41(38)34-44)50-46-20-12-14-22-48(46)51(49-23-15-13-21-47(49)50)40-28-30-43(31-29-40)53(5,6)45-33-27-39-17-9-11-19-42(39)35-45/h7-35H,1H2,2-6H3/b36-24+,37-25+. The summed E-state index contributed by atoms with van der Waals surface area (Å²) in [7, 11) is -3.83.